The molecule has 6 heteroatoms. The van der Waals surface area contributed by atoms with E-state index in [4.69, 9.17) is 18.9 Å². The zero-order chi connectivity index (χ0) is 22.1. The van der Waals surface area contributed by atoms with E-state index >= 15 is 0 Å². The minimum atomic E-state index is -1.25. The number of benzene rings is 2. The van der Waals surface area contributed by atoms with Crippen LogP contribution in [0.2, 0.25) is 0 Å². The van der Waals surface area contributed by atoms with Crippen LogP contribution < -0.4 is 9.47 Å². The number of carboxylic acids is 1. The second kappa shape index (κ2) is 8.75. The quantitative estimate of drug-likeness (QED) is 0.601. The molecule has 0 radical (unpaired) electrons. The second-order valence-electron chi connectivity index (χ2n) is 9.09. The maximum absolute atomic E-state index is 12.0. The van der Waals surface area contributed by atoms with Crippen molar-refractivity contribution in [2.75, 3.05) is 13.2 Å². The lowest BCUT2D eigenvalue weighted by molar-refractivity contribution is -0.163. The van der Waals surface area contributed by atoms with Crippen molar-refractivity contribution < 1.29 is 28.8 Å². The molecule has 0 amide bonds. The second-order valence-corrected chi connectivity index (χ2v) is 9.09. The maximum Gasteiger partial charge on any atom is 0.348 e. The van der Waals surface area contributed by atoms with Crippen LogP contribution >= 0.6 is 0 Å². The fraction of sp³-hybridized carbons (Fsp3) is 0.500. The molecule has 0 unspecified atom stereocenters. The summed E-state index contributed by atoms with van der Waals surface area (Å²) in [4.78, 5) is 12.0. The Labute approximate surface area is 188 Å². The van der Waals surface area contributed by atoms with Crippen LogP contribution in [0, 0.1) is 6.92 Å². The zero-order valence-electron chi connectivity index (χ0n) is 18.5. The Bertz CT molecular complexity index is 986. The number of hydrogen-bond acceptors (Lipinski definition) is 5. The molecule has 0 atom stereocenters. The van der Waals surface area contributed by atoms with Crippen molar-refractivity contribution in [1.82, 2.24) is 0 Å². The van der Waals surface area contributed by atoms with Gasteiger partial charge in [0.2, 0.25) is 5.60 Å². The highest BCUT2D eigenvalue weighted by Gasteiger charge is 2.43. The van der Waals surface area contributed by atoms with Crippen molar-refractivity contribution in [1.29, 1.82) is 0 Å². The van der Waals surface area contributed by atoms with Crippen molar-refractivity contribution in [3.8, 4) is 22.6 Å². The lowest BCUT2D eigenvalue weighted by Crippen LogP contribution is -2.49. The van der Waals surface area contributed by atoms with Gasteiger partial charge in [-0.1, -0.05) is 18.2 Å². The molecule has 1 saturated heterocycles. The van der Waals surface area contributed by atoms with Crippen LogP contribution in [-0.4, -0.2) is 42.1 Å². The van der Waals surface area contributed by atoms with Crippen LogP contribution in [0.15, 0.2) is 36.4 Å². The van der Waals surface area contributed by atoms with E-state index in [9.17, 15) is 9.90 Å². The van der Waals surface area contributed by atoms with Crippen molar-refractivity contribution in [2.24, 2.45) is 0 Å². The number of hydrogen-bond donors (Lipinski definition) is 1. The number of ether oxygens (including phenoxy) is 4. The summed E-state index contributed by atoms with van der Waals surface area (Å²) >= 11 is 0. The van der Waals surface area contributed by atoms with E-state index in [2.05, 4.69) is 13.0 Å². The van der Waals surface area contributed by atoms with Gasteiger partial charge in [-0.25, -0.2) is 4.79 Å². The lowest BCUT2D eigenvalue weighted by atomic mass is 9.93. The lowest BCUT2D eigenvalue weighted by Gasteiger charge is -2.33. The summed E-state index contributed by atoms with van der Waals surface area (Å²) in [5, 5.41) is 9.86. The molecule has 1 heterocycles. The summed E-state index contributed by atoms with van der Waals surface area (Å²) in [6.45, 7) is 3.32. The summed E-state index contributed by atoms with van der Waals surface area (Å²) in [6.07, 6.45) is 5.74. The van der Waals surface area contributed by atoms with Gasteiger partial charge >= 0.3 is 5.97 Å². The van der Waals surface area contributed by atoms with Crippen LogP contribution in [0.25, 0.3) is 11.1 Å². The zero-order valence-corrected chi connectivity index (χ0v) is 18.5. The summed E-state index contributed by atoms with van der Waals surface area (Å²) in [5.41, 5.74) is 3.01. The Balaban J connectivity index is 1.47. The predicted octanol–water partition coefficient (Wildman–Crippen LogP) is 4.89. The first kappa shape index (κ1) is 21.3. The molecule has 1 aliphatic heterocycles. The van der Waals surface area contributed by atoms with Gasteiger partial charge in [0.25, 0.3) is 0 Å². The third-order valence-corrected chi connectivity index (χ3v) is 6.47. The SMILES string of the molecule is Cc1c(OC2CC2)cccc1-c1ccc(OC2(C(=O)O)CCOCC2)cc1COC1CC1. The fourth-order valence-corrected chi connectivity index (χ4v) is 4.14. The summed E-state index contributed by atoms with van der Waals surface area (Å²) in [7, 11) is 0. The Morgan fingerprint density at radius 3 is 2.50 bits per heavy atom. The topological polar surface area (TPSA) is 74.2 Å². The van der Waals surface area contributed by atoms with Gasteiger partial charge in [0, 0.05) is 12.8 Å². The largest absolute Gasteiger partial charge is 0.490 e. The fourth-order valence-electron chi connectivity index (χ4n) is 4.14. The van der Waals surface area contributed by atoms with Crippen LogP contribution in [0.4, 0.5) is 0 Å². The Morgan fingerprint density at radius 2 is 1.81 bits per heavy atom. The van der Waals surface area contributed by atoms with Gasteiger partial charge < -0.3 is 24.1 Å². The van der Waals surface area contributed by atoms with Crippen molar-refractivity contribution >= 4 is 5.97 Å². The third kappa shape index (κ3) is 4.62. The van der Waals surface area contributed by atoms with E-state index in [1.165, 1.54) is 0 Å². The van der Waals surface area contributed by atoms with Crippen molar-refractivity contribution in [2.45, 2.75) is 69.9 Å². The standard InChI is InChI=1S/C26H30O6/c1-17-22(3-2-4-24(17)31-20-7-8-20)23-10-9-21(15-18(23)16-30-19-5-6-19)32-26(25(27)28)11-13-29-14-12-26/h2-4,9-10,15,19-20H,5-8,11-14,16H2,1H3,(H,27,28). The first-order valence-electron chi connectivity index (χ1n) is 11.6. The average Bonchev–Trinajstić information content (AvgIpc) is 3.71. The van der Waals surface area contributed by atoms with Gasteiger partial charge in [0.1, 0.15) is 11.5 Å². The van der Waals surface area contributed by atoms with E-state index in [0.29, 0.717) is 50.6 Å². The minimum Gasteiger partial charge on any atom is -0.490 e. The Hall–Kier alpha value is -2.57. The van der Waals surface area contributed by atoms with Crippen LogP contribution in [0.3, 0.4) is 0 Å². The van der Waals surface area contributed by atoms with E-state index in [0.717, 1.165) is 53.7 Å². The molecule has 0 bridgehead atoms. The summed E-state index contributed by atoms with van der Waals surface area (Å²) < 4.78 is 23.6. The molecule has 2 aromatic carbocycles. The molecule has 32 heavy (non-hydrogen) atoms. The van der Waals surface area contributed by atoms with Crippen molar-refractivity contribution in [3.63, 3.8) is 0 Å². The Kier molecular flexibility index (Phi) is 5.82. The normalized spacial score (nSPS) is 20.0. The Morgan fingerprint density at radius 1 is 1.06 bits per heavy atom. The van der Waals surface area contributed by atoms with E-state index in [1.54, 1.807) is 0 Å². The molecule has 6 nitrogen and oxygen atoms in total. The molecule has 2 aromatic rings. The smallest absolute Gasteiger partial charge is 0.348 e. The van der Waals surface area contributed by atoms with Gasteiger partial charge in [-0.3, -0.25) is 0 Å². The highest BCUT2D eigenvalue weighted by Crippen LogP contribution is 2.38. The molecule has 3 aliphatic rings. The molecule has 0 aromatic heterocycles. The summed E-state index contributed by atoms with van der Waals surface area (Å²) in [6, 6.07) is 12.0. The van der Waals surface area contributed by atoms with E-state index in [1.807, 2.05) is 30.3 Å². The molecule has 0 spiro atoms. The molecular weight excluding hydrogens is 408 g/mol. The van der Waals surface area contributed by atoms with Gasteiger partial charge in [-0.05, 0) is 73.1 Å². The molecular formula is C26H30O6. The first-order chi connectivity index (χ1) is 15.5. The monoisotopic (exact) mass is 438 g/mol. The highest BCUT2D eigenvalue weighted by molar-refractivity contribution is 5.78. The third-order valence-electron chi connectivity index (χ3n) is 6.47. The number of carbonyl (C=O) groups is 1. The van der Waals surface area contributed by atoms with Crippen LogP contribution in [0.5, 0.6) is 11.5 Å². The molecule has 1 N–H and O–H groups in total. The van der Waals surface area contributed by atoms with Crippen LogP contribution in [0.1, 0.15) is 49.7 Å². The molecule has 5 rings (SSSR count). The highest BCUT2D eigenvalue weighted by atomic mass is 16.5. The molecule has 2 aliphatic carbocycles. The average molecular weight is 439 g/mol. The number of rotatable bonds is 9. The summed E-state index contributed by atoms with van der Waals surface area (Å²) in [5.74, 6) is 0.531. The molecule has 170 valence electrons. The number of aliphatic carboxylic acids is 1. The van der Waals surface area contributed by atoms with E-state index in [-0.39, 0.29) is 0 Å². The first-order valence-corrected chi connectivity index (χ1v) is 11.6. The van der Waals surface area contributed by atoms with E-state index < -0.39 is 11.6 Å². The van der Waals surface area contributed by atoms with Crippen LogP contribution in [-0.2, 0) is 20.9 Å². The van der Waals surface area contributed by atoms with Gasteiger partial charge in [-0.15, -0.1) is 0 Å². The molecule has 3 fully saturated rings. The van der Waals surface area contributed by atoms with Gasteiger partial charge in [-0.2, -0.15) is 0 Å². The predicted molar refractivity (Wildman–Crippen MR) is 119 cm³/mol. The van der Waals surface area contributed by atoms with Gasteiger partial charge in [0.15, 0.2) is 0 Å². The molecule has 2 saturated carbocycles. The van der Waals surface area contributed by atoms with Crippen molar-refractivity contribution in [3.05, 3.63) is 47.5 Å². The number of carboxylic acid groups (broad SMARTS) is 1. The minimum absolute atomic E-state index is 0.318. The maximum atomic E-state index is 12.0. The van der Waals surface area contributed by atoms with Gasteiger partial charge in [0.05, 0.1) is 32.0 Å².